The number of nitrogens with zero attached hydrogens (tertiary/aromatic N) is 4. The zero-order valence-corrected chi connectivity index (χ0v) is 22.9. The summed E-state index contributed by atoms with van der Waals surface area (Å²) < 4.78 is 13.1. The van der Waals surface area contributed by atoms with Gasteiger partial charge in [0.2, 0.25) is 0 Å². The van der Waals surface area contributed by atoms with Crippen LogP contribution in [0, 0.1) is 13.8 Å². The third kappa shape index (κ3) is 4.74. The normalized spacial score (nSPS) is 17.1. The van der Waals surface area contributed by atoms with E-state index in [1.165, 1.54) is 4.90 Å². The number of ether oxygens (including phenoxy) is 2. The number of aliphatic hydroxyl groups excluding tert-OH is 1. The Kier molecular flexibility index (Phi) is 8.06. The maximum Gasteiger partial charge on any atom is 0.295 e. The van der Waals surface area contributed by atoms with Crippen molar-refractivity contribution in [2.75, 3.05) is 39.9 Å². The molecule has 1 saturated heterocycles. The number of aliphatic hydroxyl groups is 1. The Bertz CT molecular complexity index is 1390. The van der Waals surface area contributed by atoms with Gasteiger partial charge >= 0.3 is 0 Å². The van der Waals surface area contributed by atoms with E-state index in [1.54, 1.807) is 19.2 Å². The number of amides is 1. The summed E-state index contributed by atoms with van der Waals surface area (Å²) in [5, 5.41) is 11.6. The summed E-state index contributed by atoms with van der Waals surface area (Å²) in [5.41, 5.74) is 3.24. The number of pyridine rings is 1. The maximum absolute atomic E-state index is 13.5. The molecule has 1 aliphatic rings. The highest BCUT2D eigenvalue weighted by molar-refractivity contribution is 6.46. The minimum absolute atomic E-state index is 0.0184. The summed E-state index contributed by atoms with van der Waals surface area (Å²) in [5.74, 6) is -0.613. The molecule has 3 heterocycles. The smallest absolute Gasteiger partial charge is 0.295 e. The topological polar surface area (TPSA) is 96.6 Å². The molecule has 0 saturated carbocycles. The molecule has 0 bridgehead atoms. The molecule has 38 heavy (non-hydrogen) atoms. The molecule has 1 aromatic carbocycles. The van der Waals surface area contributed by atoms with Crippen LogP contribution in [0.1, 0.15) is 49.3 Å². The van der Waals surface area contributed by atoms with Crippen LogP contribution in [0.15, 0.2) is 42.1 Å². The number of ketones is 1. The zero-order chi connectivity index (χ0) is 27.6. The molecule has 1 amide bonds. The fourth-order valence-electron chi connectivity index (χ4n) is 5.05. The molecule has 1 aliphatic heterocycles. The van der Waals surface area contributed by atoms with Crippen LogP contribution in [0.5, 0.6) is 11.5 Å². The number of fused-ring (bicyclic) bond motifs is 1. The second-order valence-corrected chi connectivity index (χ2v) is 9.29. The van der Waals surface area contributed by atoms with E-state index < -0.39 is 17.7 Å². The number of aromatic nitrogens is 2. The van der Waals surface area contributed by atoms with Crippen LogP contribution >= 0.6 is 0 Å². The van der Waals surface area contributed by atoms with Gasteiger partial charge in [-0.2, -0.15) is 0 Å². The summed E-state index contributed by atoms with van der Waals surface area (Å²) in [7, 11) is 1.54. The molecule has 1 unspecified atom stereocenters. The SMILES string of the molecule is CCOc1ccc(C2/C(=C(\O)c3nc4c(C)cccn4c3C)C(=O)C(=O)N2CCN(CC)CC)cc1OC. The predicted octanol–water partition coefficient (Wildman–Crippen LogP) is 4.12. The van der Waals surface area contributed by atoms with Gasteiger partial charge in [0.1, 0.15) is 11.3 Å². The van der Waals surface area contributed by atoms with Crippen molar-refractivity contribution in [2.24, 2.45) is 0 Å². The molecule has 1 atom stereocenters. The highest BCUT2D eigenvalue weighted by atomic mass is 16.5. The van der Waals surface area contributed by atoms with Gasteiger partial charge in [-0.25, -0.2) is 4.98 Å². The first-order valence-corrected chi connectivity index (χ1v) is 13.0. The van der Waals surface area contributed by atoms with Crippen molar-refractivity contribution in [3.63, 3.8) is 0 Å². The molecule has 1 fully saturated rings. The van der Waals surface area contributed by atoms with Gasteiger partial charge in [-0.1, -0.05) is 26.0 Å². The van der Waals surface area contributed by atoms with E-state index in [0.29, 0.717) is 48.1 Å². The van der Waals surface area contributed by atoms with Crippen molar-refractivity contribution >= 4 is 23.1 Å². The molecule has 2 aromatic heterocycles. The number of methoxy groups -OCH3 is 1. The number of benzene rings is 1. The van der Waals surface area contributed by atoms with Crippen LogP contribution in [-0.4, -0.2) is 75.9 Å². The van der Waals surface area contributed by atoms with E-state index in [2.05, 4.69) is 23.7 Å². The van der Waals surface area contributed by atoms with Crippen LogP contribution in [0.4, 0.5) is 0 Å². The predicted molar refractivity (Wildman–Crippen MR) is 146 cm³/mol. The average molecular weight is 521 g/mol. The van der Waals surface area contributed by atoms with Gasteiger partial charge in [-0.05, 0) is 63.2 Å². The lowest BCUT2D eigenvalue weighted by Gasteiger charge is -2.28. The summed E-state index contributed by atoms with van der Waals surface area (Å²) >= 11 is 0. The Labute approximate surface area is 223 Å². The van der Waals surface area contributed by atoms with Gasteiger partial charge in [0.25, 0.3) is 11.7 Å². The van der Waals surface area contributed by atoms with Crippen LogP contribution in [0.3, 0.4) is 0 Å². The number of hydrogen-bond donors (Lipinski definition) is 1. The standard InChI is InChI=1S/C29H36N4O5/c1-7-31(8-2)15-16-33-25(20-12-13-21(38-9-3)22(17-20)37-6)23(27(35)29(33)36)26(34)24-19(5)32-14-10-11-18(4)28(32)30-24/h10-14,17,25,34H,7-9,15-16H2,1-6H3/b26-23+. The first-order valence-electron chi connectivity index (χ1n) is 13.0. The van der Waals surface area contributed by atoms with Gasteiger partial charge < -0.3 is 28.8 Å². The van der Waals surface area contributed by atoms with Crippen molar-refractivity contribution in [3.05, 3.63) is 64.6 Å². The van der Waals surface area contributed by atoms with E-state index in [4.69, 9.17) is 9.47 Å². The second-order valence-electron chi connectivity index (χ2n) is 9.29. The number of carbonyl (C=O) groups is 2. The van der Waals surface area contributed by atoms with Crippen LogP contribution < -0.4 is 9.47 Å². The van der Waals surface area contributed by atoms with E-state index in [1.807, 2.05) is 49.6 Å². The molecule has 202 valence electrons. The largest absolute Gasteiger partial charge is 0.505 e. The number of likely N-dealkylation sites (N-methyl/N-ethyl adjacent to an activating group) is 1. The lowest BCUT2D eigenvalue weighted by molar-refractivity contribution is -0.140. The zero-order valence-electron chi connectivity index (χ0n) is 22.9. The molecule has 0 spiro atoms. The van der Waals surface area contributed by atoms with Crippen LogP contribution in [-0.2, 0) is 9.59 Å². The van der Waals surface area contributed by atoms with Crippen molar-refractivity contribution in [1.82, 2.24) is 19.2 Å². The fourth-order valence-corrected chi connectivity index (χ4v) is 5.05. The third-order valence-electron chi connectivity index (χ3n) is 7.20. The summed E-state index contributed by atoms with van der Waals surface area (Å²) in [6.07, 6.45) is 1.86. The number of aryl methyl sites for hydroxylation is 2. The Morgan fingerprint density at radius 1 is 1.11 bits per heavy atom. The Hall–Kier alpha value is -3.85. The molecular weight excluding hydrogens is 484 g/mol. The van der Waals surface area contributed by atoms with E-state index in [0.717, 1.165) is 18.7 Å². The maximum atomic E-state index is 13.5. The molecule has 1 N–H and O–H groups in total. The van der Waals surface area contributed by atoms with Gasteiger partial charge in [0, 0.05) is 19.3 Å². The van der Waals surface area contributed by atoms with Gasteiger partial charge in [0.15, 0.2) is 17.3 Å². The Morgan fingerprint density at radius 3 is 2.47 bits per heavy atom. The summed E-state index contributed by atoms with van der Waals surface area (Å²) in [6.45, 7) is 12.8. The highest BCUT2D eigenvalue weighted by Crippen LogP contribution is 2.42. The molecule has 4 rings (SSSR count). The number of likely N-dealkylation sites (tertiary alicyclic amines) is 1. The summed E-state index contributed by atoms with van der Waals surface area (Å²) in [4.78, 5) is 35.3. The van der Waals surface area contributed by atoms with Crippen LogP contribution in [0.2, 0.25) is 0 Å². The van der Waals surface area contributed by atoms with E-state index >= 15 is 0 Å². The summed E-state index contributed by atoms with van der Waals surface area (Å²) in [6, 6.07) is 8.37. The molecule has 0 radical (unpaired) electrons. The van der Waals surface area contributed by atoms with Gasteiger partial charge in [-0.3, -0.25) is 9.59 Å². The molecule has 9 heteroatoms. The molecule has 0 aliphatic carbocycles. The van der Waals surface area contributed by atoms with Crippen molar-refractivity contribution < 1.29 is 24.2 Å². The monoisotopic (exact) mass is 520 g/mol. The van der Waals surface area contributed by atoms with Crippen LogP contribution in [0.25, 0.3) is 11.4 Å². The van der Waals surface area contributed by atoms with E-state index in [-0.39, 0.29) is 17.0 Å². The first kappa shape index (κ1) is 27.2. The number of imidazole rings is 1. The second kappa shape index (κ2) is 11.3. The molecule has 3 aromatic rings. The fraction of sp³-hybridized carbons (Fsp3) is 0.414. The molecule has 9 nitrogen and oxygen atoms in total. The third-order valence-corrected chi connectivity index (χ3v) is 7.20. The molecular formula is C29H36N4O5. The van der Waals surface area contributed by atoms with E-state index in [9.17, 15) is 14.7 Å². The number of carbonyl (C=O) groups excluding carboxylic acids is 2. The number of rotatable bonds is 10. The van der Waals surface area contributed by atoms with Gasteiger partial charge in [0.05, 0.1) is 31.0 Å². The highest BCUT2D eigenvalue weighted by Gasteiger charge is 2.46. The van der Waals surface area contributed by atoms with Crippen molar-refractivity contribution in [3.8, 4) is 11.5 Å². The minimum Gasteiger partial charge on any atom is -0.505 e. The quantitative estimate of drug-likeness (QED) is 0.244. The lowest BCUT2D eigenvalue weighted by atomic mass is 9.96. The van der Waals surface area contributed by atoms with Crippen molar-refractivity contribution in [1.29, 1.82) is 0 Å². The average Bonchev–Trinajstić information content (AvgIpc) is 3.39. The number of Topliss-reactive ketones (excluding diaryl/α,β-unsaturated/α-hetero) is 1. The van der Waals surface area contributed by atoms with Crippen molar-refractivity contribution in [2.45, 2.75) is 40.7 Å². The van der Waals surface area contributed by atoms with Gasteiger partial charge in [-0.15, -0.1) is 0 Å². The Balaban J connectivity index is 1.90. The number of hydrogen-bond acceptors (Lipinski definition) is 7. The first-order chi connectivity index (χ1) is 18.3. The lowest BCUT2D eigenvalue weighted by Crippen LogP contribution is -2.38. The Morgan fingerprint density at radius 2 is 1.84 bits per heavy atom. The minimum atomic E-state index is -0.805.